The Morgan fingerprint density at radius 3 is 2.70 bits per heavy atom. The summed E-state index contributed by atoms with van der Waals surface area (Å²) in [6, 6.07) is 7.12. The minimum absolute atomic E-state index is 0.0399. The number of hydrogen-bond acceptors (Lipinski definition) is 8. The lowest BCUT2D eigenvalue weighted by molar-refractivity contribution is -0.114. The van der Waals surface area contributed by atoms with Crippen molar-refractivity contribution in [3.8, 4) is 12.1 Å². The van der Waals surface area contributed by atoms with E-state index in [1.807, 2.05) is 6.07 Å². The fourth-order valence-corrected chi connectivity index (χ4v) is 1.82. The first-order chi connectivity index (χ1) is 11.2. The molecule has 3 N–H and O–H groups in total. The van der Waals surface area contributed by atoms with E-state index < -0.39 is 0 Å². The highest BCUT2D eigenvalue weighted by molar-refractivity contribution is 6.58. The Hall–Kier alpha value is -3.36. The molecule has 1 aliphatic heterocycles. The third kappa shape index (κ3) is 4.06. The molecule has 114 valence electrons. The van der Waals surface area contributed by atoms with Crippen LogP contribution in [0.1, 0.15) is 5.56 Å². The van der Waals surface area contributed by atoms with Crippen LogP contribution in [0.15, 0.2) is 35.1 Å². The number of aromatic nitrogens is 1. The molecule has 23 heavy (non-hydrogen) atoms. The van der Waals surface area contributed by atoms with E-state index >= 15 is 0 Å². The number of aliphatic imine (C=N–C) groups is 1. The Kier molecular flexibility index (Phi) is 5.29. The first-order valence-electron chi connectivity index (χ1n) is 6.77. The second-order valence-electron chi connectivity index (χ2n) is 4.58. The molecule has 0 aliphatic carbocycles. The van der Waals surface area contributed by atoms with Crippen molar-refractivity contribution in [2.45, 2.75) is 0 Å². The molecule has 0 bridgehead atoms. The number of rotatable bonds is 7. The average Bonchev–Trinajstić information content (AvgIpc) is 2.95. The molecule has 8 heteroatoms. The Bertz CT molecular complexity index is 763. The lowest BCUT2D eigenvalue weighted by Gasteiger charge is -2.07. The van der Waals surface area contributed by atoms with Gasteiger partial charge in [-0.1, -0.05) is 0 Å². The van der Waals surface area contributed by atoms with Crippen molar-refractivity contribution in [1.82, 2.24) is 10.3 Å². The zero-order valence-corrected chi connectivity index (χ0v) is 12.1. The van der Waals surface area contributed by atoms with Crippen molar-refractivity contribution >= 4 is 23.0 Å². The highest BCUT2D eigenvalue weighted by Gasteiger charge is 2.22. The van der Waals surface area contributed by atoms with Crippen molar-refractivity contribution in [2.24, 2.45) is 4.99 Å². The maximum absolute atomic E-state index is 11.9. The molecular formula is C15H13N7O. The fourth-order valence-electron chi connectivity index (χ4n) is 1.82. The Morgan fingerprint density at radius 1 is 1.26 bits per heavy atom. The molecule has 0 saturated heterocycles. The standard InChI is InChI=1S/C15H13N7O/c16-5-10-1-2-14(22-7-10)20-4-3-19-9-13(23)11-8-21-12(6-17)15(11)18/h1-2,7-8,18-19H,3-4,9H2,(H,20,22). The number of hydrogen-bond donors (Lipinski definition) is 3. The van der Waals surface area contributed by atoms with Crippen LogP contribution in [0.3, 0.4) is 0 Å². The summed E-state index contributed by atoms with van der Waals surface area (Å²) in [7, 11) is 0. The molecule has 0 spiro atoms. The average molecular weight is 307 g/mol. The SMILES string of the molecule is N#CC1=NC=C(C(=O)CNCCNc2ccc(C#N)cn2)C1=N. The number of nitriles is 2. The molecule has 0 fully saturated rings. The molecule has 2 heterocycles. The lowest BCUT2D eigenvalue weighted by atomic mass is 10.1. The predicted molar refractivity (Wildman–Crippen MR) is 84.2 cm³/mol. The van der Waals surface area contributed by atoms with E-state index in [2.05, 4.69) is 20.6 Å². The van der Waals surface area contributed by atoms with Crippen LogP contribution in [0.25, 0.3) is 0 Å². The number of carbonyl (C=O) groups excluding carboxylic acids is 1. The minimum Gasteiger partial charge on any atom is -0.369 e. The molecule has 1 aromatic rings. The van der Waals surface area contributed by atoms with E-state index in [-0.39, 0.29) is 29.3 Å². The number of ketones is 1. The van der Waals surface area contributed by atoms with Gasteiger partial charge in [0.2, 0.25) is 0 Å². The van der Waals surface area contributed by atoms with Gasteiger partial charge in [-0.15, -0.1) is 0 Å². The van der Waals surface area contributed by atoms with Crippen LogP contribution in [-0.4, -0.2) is 41.8 Å². The van der Waals surface area contributed by atoms with Gasteiger partial charge < -0.3 is 10.6 Å². The number of nitrogens with one attached hydrogen (secondary N) is 3. The van der Waals surface area contributed by atoms with E-state index in [1.54, 1.807) is 18.2 Å². The summed E-state index contributed by atoms with van der Waals surface area (Å²) in [5, 5.41) is 31.0. The Morgan fingerprint density at radius 2 is 2.09 bits per heavy atom. The lowest BCUT2D eigenvalue weighted by Crippen LogP contribution is -2.30. The van der Waals surface area contributed by atoms with Crippen LogP contribution in [0.5, 0.6) is 0 Å². The van der Waals surface area contributed by atoms with Gasteiger partial charge in [-0.3, -0.25) is 10.2 Å². The summed E-state index contributed by atoms with van der Waals surface area (Å²) in [6.07, 6.45) is 2.73. The van der Waals surface area contributed by atoms with Crippen LogP contribution in [-0.2, 0) is 4.79 Å². The number of carbonyl (C=O) groups is 1. The summed E-state index contributed by atoms with van der Waals surface area (Å²) in [5.74, 6) is 0.366. The smallest absolute Gasteiger partial charge is 0.180 e. The van der Waals surface area contributed by atoms with E-state index in [4.69, 9.17) is 15.9 Å². The third-order valence-electron chi connectivity index (χ3n) is 3.02. The van der Waals surface area contributed by atoms with E-state index in [0.29, 0.717) is 24.5 Å². The van der Waals surface area contributed by atoms with Gasteiger partial charge in [0.05, 0.1) is 17.7 Å². The van der Waals surface area contributed by atoms with Crippen molar-refractivity contribution < 1.29 is 4.79 Å². The maximum atomic E-state index is 11.9. The molecule has 0 saturated carbocycles. The molecule has 0 radical (unpaired) electrons. The summed E-state index contributed by atoms with van der Waals surface area (Å²) in [5.41, 5.74) is 0.474. The van der Waals surface area contributed by atoms with Gasteiger partial charge in [-0.25, -0.2) is 9.98 Å². The van der Waals surface area contributed by atoms with Gasteiger partial charge in [0, 0.05) is 25.5 Å². The summed E-state index contributed by atoms with van der Waals surface area (Å²) in [6.45, 7) is 1.12. The largest absolute Gasteiger partial charge is 0.369 e. The molecule has 2 rings (SSSR count). The molecule has 1 aliphatic rings. The molecular weight excluding hydrogens is 294 g/mol. The van der Waals surface area contributed by atoms with Gasteiger partial charge in [-0.05, 0) is 12.1 Å². The zero-order chi connectivity index (χ0) is 16.7. The fraction of sp³-hybridized carbons (Fsp3) is 0.200. The summed E-state index contributed by atoms with van der Waals surface area (Å²) < 4.78 is 0. The van der Waals surface area contributed by atoms with Crippen molar-refractivity contribution in [3.05, 3.63) is 35.7 Å². The molecule has 0 amide bonds. The molecule has 8 nitrogen and oxygen atoms in total. The highest BCUT2D eigenvalue weighted by atomic mass is 16.1. The van der Waals surface area contributed by atoms with Crippen LogP contribution in [0.2, 0.25) is 0 Å². The highest BCUT2D eigenvalue weighted by Crippen LogP contribution is 2.08. The normalized spacial score (nSPS) is 12.9. The maximum Gasteiger partial charge on any atom is 0.180 e. The monoisotopic (exact) mass is 307 g/mol. The minimum atomic E-state index is -0.277. The topological polar surface area (TPSA) is 138 Å². The molecule has 0 aromatic carbocycles. The Balaban J connectivity index is 1.68. The van der Waals surface area contributed by atoms with E-state index in [0.717, 1.165) is 0 Å². The Labute approximate surface area is 132 Å². The number of anilines is 1. The van der Waals surface area contributed by atoms with Crippen LogP contribution < -0.4 is 10.6 Å². The van der Waals surface area contributed by atoms with E-state index in [1.165, 1.54) is 12.4 Å². The van der Waals surface area contributed by atoms with Crippen LogP contribution >= 0.6 is 0 Å². The zero-order valence-electron chi connectivity index (χ0n) is 12.1. The summed E-state index contributed by atoms with van der Waals surface area (Å²) >= 11 is 0. The van der Waals surface area contributed by atoms with E-state index in [9.17, 15) is 4.79 Å². The quantitative estimate of drug-likeness (QED) is 0.623. The van der Waals surface area contributed by atoms with Crippen LogP contribution in [0.4, 0.5) is 5.82 Å². The molecule has 1 aromatic heterocycles. The number of Topliss-reactive ketones (excluding diaryl/α,β-unsaturated/α-hetero) is 1. The van der Waals surface area contributed by atoms with Crippen molar-refractivity contribution in [3.63, 3.8) is 0 Å². The van der Waals surface area contributed by atoms with Gasteiger partial charge in [0.1, 0.15) is 23.7 Å². The summed E-state index contributed by atoms with van der Waals surface area (Å²) in [4.78, 5) is 19.7. The van der Waals surface area contributed by atoms with Gasteiger partial charge in [0.15, 0.2) is 11.5 Å². The first kappa shape index (κ1) is 16.0. The second-order valence-corrected chi connectivity index (χ2v) is 4.58. The first-order valence-corrected chi connectivity index (χ1v) is 6.77. The van der Waals surface area contributed by atoms with Crippen molar-refractivity contribution in [1.29, 1.82) is 15.9 Å². The molecule has 0 unspecified atom stereocenters. The van der Waals surface area contributed by atoms with Crippen LogP contribution in [0, 0.1) is 28.1 Å². The van der Waals surface area contributed by atoms with Gasteiger partial charge in [-0.2, -0.15) is 10.5 Å². The van der Waals surface area contributed by atoms with Gasteiger partial charge >= 0.3 is 0 Å². The predicted octanol–water partition coefficient (Wildman–Crippen LogP) is 0.406. The van der Waals surface area contributed by atoms with Crippen molar-refractivity contribution in [2.75, 3.05) is 25.0 Å². The number of nitrogens with zero attached hydrogens (tertiary/aromatic N) is 4. The second kappa shape index (κ2) is 7.59. The third-order valence-corrected chi connectivity index (χ3v) is 3.02. The van der Waals surface area contributed by atoms with Gasteiger partial charge in [0.25, 0.3) is 0 Å². The number of pyridine rings is 1. The molecule has 0 atom stereocenters.